The van der Waals surface area contributed by atoms with Crippen LogP contribution in [0.5, 0.6) is 0 Å². The zero-order valence-corrected chi connectivity index (χ0v) is 49.5. The molecule has 3 fully saturated rings. The Labute approximate surface area is 474 Å². The molecule has 80 heavy (non-hydrogen) atoms. The van der Waals surface area contributed by atoms with Crippen molar-refractivity contribution in [2.75, 3.05) is 34.3 Å². The Morgan fingerprint density at radius 1 is 0.900 bits per heavy atom. The monoisotopic (exact) mass is 1120 g/mol. The minimum absolute atomic E-state index is 0.0735. The number of cyclic esters (lactones) is 1. The number of likely N-dealkylation sites (N-methyl/N-ethyl adjacent to an activating group) is 2. The van der Waals surface area contributed by atoms with Gasteiger partial charge in [0.25, 0.3) is 0 Å². The van der Waals surface area contributed by atoms with E-state index in [1.54, 1.807) is 41.5 Å². The van der Waals surface area contributed by atoms with E-state index < -0.39 is 96.0 Å². The molecule has 0 unspecified atom stereocenters. The second-order valence-electron chi connectivity index (χ2n) is 24.4. The van der Waals surface area contributed by atoms with E-state index in [4.69, 9.17) is 38.4 Å². The van der Waals surface area contributed by atoms with Crippen LogP contribution in [0.1, 0.15) is 131 Å². The number of aliphatic hydroxyl groups is 5. The van der Waals surface area contributed by atoms with Gasteiger partial charge in [0.1, 0.15) is 36.1 Å². The van der Waals surface area contributed by atoms with Crippen molar-refractivity contribution in [3.63, 3.8) is 0 Å². The third-order valence-electron chi connectivity index (χ3n) is 17.7. The van der Waals surface area contributed by atoms with Crippen molar-refractivity contribution in [1.29, 1.82) is 5.26 Å². The number of aliphatic hydroxyl groups excluding tert-OH is 3. The van der Waals surface area contributed by atoms with Gasteiger partial charge in [-0.2, -0.15) is 5.26 Å². The van der Waals surface area contributed by atoms with E-state index in [2.05, 4.69) is 45.5 Å². The topological polar surface area (TPSA) is 244 Å². The Hall–Kier alpha value is -4.40. The van der Waals surface area contributed by atoms with Gasteiger partial charge in [0.15, 0.2) is 12.6 Å². The standard InChI is InChI=1S/C61H92N6O13/c1-14-50-61(10,73)54(69)40(6)66(12)32-36(2)29-59(8,72)56(38(4)53(39(5)57(71)78-50)79-51-30-60(9,74-13)55(70)41(7)77-51)80-58-52(68)49(27-37(3)76-58)65(11)26-16-15-17-47-33-67(64-63-47)34-48-28-46(35-75-48)45-24-22-44(23-25-45)43-20-18-42(31-62)19-21-43/h18-25,33,35-41,48-56,58,68-70,72-73H,14-17,26-30,32,34H2,1-13H3/t36-,37-,38+,39-,40-,41+,48-,49+,50-,51+,52-,53+,54-,55+,56-,58+,59-,60-,61-/m1/s1. The second-order valence-corrected chi connectivity index (χ2v) is 24.4. The van der Waals surface area contributed by atoms with Crippen molar-refractivity contribution < 1.29 is 63.5 Å². The summed E-state index contributed by atoms with van der Waals surface area (Å²) in [6.45, 7) is 19.3. The summed E-state index contributed by atoms with van der Waals surface area (Å²) in [4.78, 5) is 18.6. The zero-order chi connectivity index (χ0) is 58.4. The van der Waals surface area contributed by atoms with Gasteiger partial charge in [-0.15, -0.1) is 5.10 Å². The number of aromatic nitrogens is 3. The lowest BCUT2D eigenvalue weighted by molar-refractivity contribution is -0.318. The molecule has 4 aliphatic heterocycles. The average molecular weight is 1120 g/mol. The number of benzene rings is 2. The van der Waals surface area contributed by atoms with Gasteiger partial charge in [-0.1, -0.05) is 62.4 Å². The number of nitrogens with zero attached hydrogens (tertiary/aromatic N) is 6. The molecule has 5 heterocycles. The number of unbranched alkanes of at least 4 members (excludes halogenated alkanes) is 1. The number of rotatable bonds is 16. The van der Waals surface area contributed by atoms with Crippen molar-refractivity contribution in [3.05, 3.63) is 77.8 Å². The summed E-state index contributed by atoms with van der Waals surface area (Å²) in [6.07, 6.45) is -2.03. The van der Waals surface area contributed by atoms with Crippen LogP contribution in [0.3, 0.4) is 0 Å². The number of aryl methyl sites for hydroxylation is 1. The Kier molecular flexibility index (Phi) is 21.2. The van der Waals surface area contributed by atoms with Crippen LogP contribution in [0.15, 0.2) is 61.0 Å². The van der Waals surface area contributed by atoms with Crippen LogP contribution in [0.2, 0.25) is 0 Å². The van der Waals surface area contributed by atoms with Crippen molar-refractivity contribution >= 4 is 11.5 Å². The smallest absolute Gasteiger partial charge is 0.311 e. The highest BCUT2D eigenvalue weighted by Crippen LogP contribution is 2.41. The minimum atomic E-state index is -1.84. The first-order valence-electron chi connectivity index (χ1n) is 28.9. The summed E-state index contributed by atoms with van der Waals surface area (Å²) < 4.78 is 46.4. The normalized spacial score (nSPS) is 38.0. The highest BCUT2D eigenvalue weighted by molar-refractivity contribution is 5.73. The molecular formula is C61H92N6O13. The predicted molar refractivity (Wildman–Crippen MR) is 300 cm³/mol. The molecule has 4 aliphatic rings. The molecule has 2 aromatic carbocycles. The largest absolute Gasteiger partial charge is 0.495 e. The van der Waals surface area contributed by atoms with Crippen molar-refractivity contribution in [3.8, 4) is 17.2 Å². The molecule has 3 aromatic rings. The molecule has 7 rings (SSSR count). The predicted octanol–water partition coefficient (Wildman–Crippen LogP) is 6.25. The van der Waals surface area contributed by atoms with Gasteiger partial charge in [0.2, 0.25) is 0 Å². The molecule has 0 bridgehead atoms. The second kappa shape index (κ2) is 26.9. The fourth-order valence-corrected chi connectivity index (χ4v) is 12.7. The van der Waals surface area contributed by atoms with E-state index in [1.165, 1.54) is 14.0 Å². The highest BCUT2D eigenvalue weighted by Gasteiger charge is 2.53. The molecule has 5 N–H and O–H groups in total. The SMILES string of the molecule is CC[C@H]1OC(=O)[C@H](C)[C@@H](O[C@H]2C[C@@](C)(OC)[C@@H](O)[C@H](C)O2)[C@H](C)[C@@H](O[C@@H]2O[C@H](C)C[C@H](N(C)CCCCc3cn(C[C@H]4CC(c5ccc(-c6ccc(C#N)cc6)cc5)=CO4)nn3)[C@H]2O)[C@](C)(O)C[C@@H](C)CN(C)[C@H](C)[C@@H](O)[C@]1(C)O. The van der Waals surface area contributed by atoms with Gasteiger partial charge < -0.3 is 68.5 Å². The summed E-state index contributed by atoms with van der Waals surface area (Å²) in [5.74, 6) is -2.76. The van der Waals surface area contributed by atoms with Crippen molar-refractivity contribution in [2.24, 2.45) is 17.8 Å². The van der Waals surface area contributed by atoms with Crippen LogP contribution in [0.25, 0.3) is 16.7 Å². The maximum absolute atomic E-state index is 14.5. The summed E-state index contributed by atoms with van der Waals surface area (Å²) >= 11 is 0. The molecule has 0 radical (unpaired) electrons. The van der Waals surface area contributed by atoms with Gasteiger partial charge in [-0.05, 0) is 148 Å². The van der Waals surface area contributed by atoms with Gasteiger partial charge in [-0.25, -0.2) is 4.68 Å². The van der Waals surface area contributed by atoms with E-state index in [0.29, 0.717) is 31.6 Å². The number of esters is 1. The molecule has 19 atom stereocenters. The summed E-state index contributed by atoms with van der Waals surface area (Å²) in [7, 11) is 5.34. The fourth-order valence-electron chi connectivity index (χ4n) is 12.7. The fraction of sp³-hybridized carbons (Fsp3) is 0.705. The molecule has 19 heteroatoms. The van der Waals surface area contributed by atoms with E-state index in [-0.39, 0.29) is 43.4 Å². The molecule has 444 valence electrons. The Balaban J connectivity index is 1.01. The van der Waals surface area contributed by atoms with Crippen LogP contribution in [0, 0.1) is 29.1 Å². The zero-order valence-electron chi connectivity index (χ0n) is 49.5. The first kappa shape index (κ1) is 63.2. The quantitative estimate of drug-likeness (QED) is 0.0786. The third kappa shape index (κ3) is 14.9. The Morgan fingerprint density at radius 3 is 2.21 bits per heavy atom. The number of carbonyl (C=O) groups is 1. The molecule has 1 aromatic heterocycles. The number of hydrogen-bond acceptors (Lipinski definition) is 18. The lowest BCUT2D eigenvalue weighted by atomic mass is 9.77. The lowest BCUT2D eigenvalue weighted by Crippen LogP contribution is -2.60. The molecule has 0 saturated carbocycles. The number of ether oxygens (including phenoxy) is 7. The molecule has 0 amide bonds. The molecule has 0 spiro atoms. The van der Waals surface area contributed by atoms with E-state index in [9.17, 15) is 30.3 Å². The molecule has 3 saturated heterocycles. The number of nitriles is 1. The average Bonchev–Trinajstić information content (AvgIpc) is 4.17. The lowest BCUT2D eigenvalue weighted by Gasteiger charge is -2.49. The Bertz CT molecular complexity index is 2540. The first-order chi connectivity index (χ1) is 37.8. The highest BCUT2D eigenvalue weighted by atomic mass is 16.7. The van der Waals surface area contributed by atoms with Gasteiger partial charge in [-0.3, -0.25) is 4.79 Å². The van der Waals surface area contributed by atoms with Gasteiger partial charge in [0.05, 0.1) is 71.7 Å². The van der Waals surface area contributed by atoms with Gasteiger partial charge >= 0.3 is 5.97 Å². The van der Waals surface area contributed by atoms with Crippen molar-refractivity contribution in [2.45, 2.75) is 224 Å². The number of methoxy groups -OCH3 is 1. The van der Waals surface area contributed by atoms with E-state index >= 15 is 0 Å². The summed E-state index contributed by atoms with van der Waals surface area (Å²) in [5.41, 5.74) is 1.35. The van der Waals surface area contributed by atoms with Crippen LogP contribution in [-0.4, -0.2) is 187 Å². The van der Waals surface area contributed by atoms with Crippen molar-refractivity contribution in [1.82, 2.24) is 24.8 Å². The molecular weight excluding hydrogens is 1020 g/mol. The van der Waals surface area contributed by atoms with Crippen LogP contribution in [0.4, 0.5) is 0 Å². The minimum Gasteiger partial charge on any atom is -0.495 e. The van der Waals surface area contributed by atoms with Crippen LogP contribution >= 0.6 is 0 Å². The third-order valence-corrected chi connectivity index (χ3v) is 17.7. The maximum Gasteiger partial charge on any atom is 0.311 e. The number of hydrogen-bond donors (Lipinski definition) is 5. The summed E-state index contributed by atoms with van der Waals surface area (Å²) in [6, 6.07) is 17.2. The van der Waals surface area contributed by atoms with Crippen LogP contribution in [-0.2, 0) is 50.9 Å². The first-order valence-corrected chi connectivity index (χ1v) is 28.9. The maximum atomic E-state index is 14.5. The summed E-state index contributed by atoms with van der Waals surface area (Å²) in [5, 5.41) is 77.9. The van der Waals surface area contributed by atoms with Gasteiger partial charge in [0, 0.05) is 50.7 Å². The number of carbonyl (C=O) groups excluding carboxylic acids is 1. The van der Waals surface area contributed by atoms with Crippen LogP contribution < -0.4 is 0 Å². The van der Waals surface area contributed by atoms with E-state index in [0.717, 1.165) is 53.6 Å². The van der Waals surface area contributed by atoms with E-state index in [1.807, 2.05) is 81.2 Å². The molecule has 0 aliphatic carbocycles. The Morgan fingerprint density at radius 2 is 1.56 bits per heavy atom. The molecule has 19 nitrogen and oxygen atoms in total.